The van der Waals surface area contributed by atoms with Crippen molar-refractivity contribution in [2.24, 2.45) is 0 Å². The van der Waals surface area contributed by atoms with E-state index in [4.69, 9.17) is 4.42 Å². The summed E-state index contributed by atoms with van der Waals surface area (Å²) in [6, 6.07) is 14.8. The summed E-state index contributed by atoms with van der Waals surface area (Å²) >= 11 is 0. The Labute approximate surface area is 192 Å². The highest BCUT2D eigenvalue weighted by Gasteiger charge is 2.23. The minimum atomic E-state index is -0.248. The van der Waals surface area contributed by atoms with E-state index in [-0.39, 0.29) is 11.7 Å². The number of aromatic nitrogens is 2. The molecule has 0 spiro atoms. The molecule has 1 aliphatic heterocycles. The van der Waals surface area contributed by atoms with Gasteiger partial charge in [0.25, 0.3) is 5.91 Å². The normalized spacial score (nSPS) is 13.9. The molecule has 1 saturated heterocycles. The number of hydrogen-bond donors (Lipinski definition) is 1. The number of nitrogens with one attached hydrogen (secondary N) is 1. The molecule has 1 aliphatic rings. The van der Waals surface area contributed by atoms with Gasteiger partial charge in [-0.05, 0) is 48.6 Å². The Bertz CT molecular complexity index is 1220. The lowest BCUT2D eigenvalue weighted by molar-refractivity contribution is 0.0787. The van der Waals surface area contributed by atoms with E-state index >= 15 is 0 Å². The standard InChI is InChI=1S/C26H27FN4O2/c27-21-9-7-19(8-10-21)16-30(14-11-20-15-28-23-6-2-1-5-22(20)23)17-25-29-24(18-33-25)26(32)31-12-3-4-13-31/h1-2,5-10,15,18,28H,3-4,11-14,16-17H2. The molecule has 5 rings (SSSR count). The van der Waals surface area contributed by atoms with Crippen molar-refractivity contribution in [2.45, 2.75) is 32.4 Å². The number of benzene rings is 2. The fourth-order valence-electron chi connectivity index (χ4n) is 4.43. The van der Waals surface area contributed by atoms with Crippen molar-refractivity contribution in [3.63, 3.8) is 0 Å². The van der Waals surface area contributed by atoms with E-state index in [9.17, 15) is 9.18 Å². The number of rotatable bonds is 8. The quantitative estimate of drug-likeness (QED) is 0.423. The first-order valence-corrected chi connectivity index (χ1v) is 11.4. The maximum atomic E-state index is 13.4. The van der Waals surface area contributed by atoms with Gasteiger partial charge < -0.3 is 14.3 Å². The van der Waals surface area contributed by atoms with Crippen LogP contribution in [0.25, 0.3) is 10.9 Å². The molecule has 0 bridgehead atoms. The summed E-state index contributed by atoms with van der Waals surface area (Å²) < 4.78 is 19.1. The molecule has 0 saturated carbocycles. The van der Waals surface area contributed by atoms with E-state index in [0.29, 0.717) is 24.7 Å². The molecule has 6 nitrogen and oxygen atoms in total. The Morgan fingerprint density at radius 3 is 2.70 bits per heavy atom. The van der Waals surface area contributed by atoms with Gasteiger partial charge in [0, 0.05) is 43.3 Å². The number of nitrogens with zero attached hydrogens (tertiary/aromatic N) is 3. The van der Waals surface area contributed by atoms with E-state index in [1.807, 2.05) is 17.0 Å². The molecule has 170 valence electrons. The number of carbonyl (C=O) groups is 1. The zero-order valence-electron chi connectivity index (χ0n) is 18.5. The van der Waals surface area contributed by atoms with Crippen LogP contribution in [0.15, 0.2) is 65.4 Å². The minimum Gasteiger partial charge on any atom is -0.447 e. The Balaban J connectivity index is 1.31. The first kappa shape index (κ1) is 21.4. The number of likely N-dealkylation sites (tertiary alicyclic amines) is 1. The van der Waals surface area contributed by atoms with Gasteiger partial charge in [0.05, 0.1) is 6.54 Å². The van der Waals surface area contributed by atoms with Crippen molar-refractivity contribution < 1.29 is 13.6 Å². The molecule has 0 atom stereocenters. The maximum absolute atomic E-state index is 13.4. The molecule has 0 unspecified atom stereocenters. The van der Waals surface area contributed by atoms with E-state index in [0.717, 1.165) is 50.0 Å². The van der Waals surface area contributed by atoms with Crippen molar-refractivity contribution in [3.8, 4) is 0 Å². The van der Waals surface area contributed by atoms with Gasteiger partial charge in [-0.15, -0.1) is 0 Å². The van der Waals surface area contributed by atoms with Gasteiger partial charge in [-0.1, -0.05) is 30.3 Å². The van der Waals surface area contributed by atoms with Gasteiger partial charge >= 0.3 is 0 Å². The van der Waals surface area contributed by atoms with E-state index in [1.54, 1.807) is 12.1 Å². The van der Waals surface area contributed by atoms with Crippen molar-refractivity contribution in [2.75, 3.05) is 19.6 Å². The zero-order valence-corrected chi connectivity index (χ0v) is 18.5. The zero-order chi connectivity index (χ0) is 22.6. The molecule has 1 N–H and O–H groups in total. The summed E-state index contributed by atoms with van der Waals surface area (Å²) in [6.07, 6.45) is 6.43. The fourth-order valence-corrected chi connectivity index (χ4v) is 4.43. The number of fused-ring (bicyclic) bond motifs is 1. The molecular weight excluding hydrogens is 419 g/mol. The summed E-state index contributed by atoms with van der Waals surface area (Å²) in [4.78, 5) is 24.5. The molecule has 1 amide bonds. The van der Waals surface area contributed by atoms with Gasteiger partial charge in [0.15, 0.2) is 5.69 Å². The highest BCUT2D eigenvalue weighted by molar-refractivity contribution is 5.92. The van der Waals surface area contributed by atoms with E-state index in [2.05, 4.69) is 33.2 Å². The van der Waals surface area contributed by atoms with E-state index in [1.165, 1.54) is 29.3 Å². The maximum Gasteiger partial charge on any atom is 0.275 e. The number of aromatic amines is 1. The van der Waals surface area contributed by atoms with Crippen molar-refractivity contribution in [1.29, 1.82) is 0 Å². The lowest BCUT2D eigenvalue weighted by Crippen LogP contribution is -2.28. The third-order valence-corrected chi connectivity index (χ3v) is 6.21. The molecule has 7 heteroatoms. The van der Waals surface area contributed by atoms with E-state index < -0.39 is 0 Å². The summed E-state index contributed by atoms with van der Waals surface area (Å²) in [5, 5.41) is 1.22. The topological polar surface area (TPSA) is 65.4 Å². The summed E-state index contributed by atoms with van der Waals surface area (Å²) in [6.45, 7) is 3.41. The molecule has 0 aliphatic carbocycles. The molecule has 3 heterocycles. The first-order chi connectivity index (χ1) is 16.2. The van der Waals surface area contributed by atoms with Gasteiger partial charge in [0.2, 0.25) is 5.89 Å². The Hall–Kier alpha value is -3.45. The monoisotopic (exact) mass is 446 g/mol. The number of oxazole rings is 1. The van der Waals surface area contributed by atoms with Crippen LogP contribution >= 0.6 is 0 Å². The summed E-state index contributed by atoms with van der Waals surface area (Å²) in [5.41, 5.74) is 3.74. The van der Waals surface area contributed by atoms with Crippen LogP contribution in [0.4, 0.5) is 4.39 Å². The van der Waals surface area contributed by atoms with Crippen LogP contribution in [0.3, 0.4) is 0 Å². The number of H-pyrrole nitrogens is 1. The Kier molecular flexibility index (Phi) is 6.21. The van der Waals surface area contributed by atoms with Crippen LogP contribution in [-0.2, 0) is 19.5 Å². The summed E-state index contributed by atoms with van der Waals surface area (Å²) in [5.74, 6) is 0.201. The van der Waals surface area contributed by atoms with Crippen LogP contribution in [-0.4, -0.2) is 45.3 Å². The molecule has 0 radical (unpaired) electrons. The van der Waals surface area contributed by atoms with Gasteiger partial charge in [-0.25, -0.2) is 9.37 Å². The largest absolute Gasteiger partial charge is 0.447 e. The van der Waals surface area contributed by atoms with Crippen molar-refractivity contribution in [3.05, 3.63) is 89.5 Å². The SMILES string of the molecule is O=C(c1coc(CN(CCc2c[nH]c3ccccc23)Cc2ccc(F)cc2)n1)N1CCCC1. The van der Waals surface area contributed by atoms with Crippen molar-refractivity contribution in [1.82, 2.24) is 19.8 Å². The Morgan fingerprint density at radius 2 is 1.88 bits per heavy atom. The lowest BCUT2D eigenvalue weighted by atomic mass is 10.1. The first-order valence-electron chi connectivity index (χ1n) is 11.4. The average molecular weight is 447 g/mol. The number of carbonyl (C=O) groups excluding carboxylic acids is 1. The average Bonchev–Trinajstić information content (AvgIpc) is 3.60. The molecule has 2 aromatic heterocycles. The predicted octanol–water partition coefficient (Wildman–Crippen LogP) is 4.78. The minimum absolute atomic E-state index is 0.0635. The smallest absolute Gasteiger partial charge is 0.275 e. The van der Waals surface area contributed by atoms with Gasteiger partial charge in [0.1, 0.15) is 12.1 Å². The molecule has 1 fully saturated rings. The molecule has 4 aromatic rings. The molecular formula is C26H27FN4O2. The summed E-state index contributed by atoms with van der Waals surface area (Å²) in [7, 11) is 0. The van der Waals surface area contributed by atoms with Crippen LogP contribution in [0.2, 0.25) is 0 Å². The molecule has 2 aromatic carbocycles. The number of para-hydroxylation sites is 1. The highest BCUT2D eigenvalue weighted by atomic mass is 19.1. The predicted molar refractivity (Wildman–Crippen MR) is 124 cm³/mol. The second-order valence-corrected chi connectivity index (χ2v) is 8.57. The van der Waals surface area contributed by atoms with Gasteiger partial charge in [-0.3, -0.25) is 9.69 Å². The van der Waals surface area contributed by atoms with Crippen LogP contribution in [0, 0.1) is 5.82 Å². The fraction of sp³-hybridized carbons (Fsp3) is 0.308. The lowest BCUT2D eigenvalue weighted by Gasteiger charge is -2.21. The van der Waals surface area contributed by atoms with Crippen LogP contribution in [0.5, 0.6) is 0 Å². The third kappa shape index (κ3) is 4.98. The van der Waals surface area contributed by atoms with Crippen LogP contribution in [0.1, 0.15) is 40.3 Å². The van der Waals surface area contributed by atoms with Gasteiger partial charge in [-0.2, -0.15) is 0 Å². The highest BCUT2D eigenvalue weighted by Crippen LogP contribution is 2.20. The number of halogens is 1. The van der Waals surface area contributed by atoms with Crippen molar-refractivity contribution >= 4 is 16.8 Å². The second kappa shape index (κ2) is 9.58. The third-order valence-electron chi connectivity index (χ3n) is 6.21. The number of hydrogen-bond acceptors (Lipinski definition) is 4. The number of amides is 1. The Morgan fingerprint density at radius 1 is 1.09 bits per heavy atom. The second-order valence-electron chi connectivity index (χ2n) is 8.57. The molecule has 33 heavy (non-hydrogen) atoms. The van der Waals surface area contributed by atoms with Crippen LogP contribution < -0.4 is 0 Å².